The van der Waals surface area contributed by atoms with Gasteiger partial charge in [0.1, 0.15) is 12.4 Å². The average molecular weight is 349 g/mol. The van der Waals surface area contributed by atoms with Crippen molar-refractivity contribution in [3.8, 4) is 0 Å². The number of imidazole rings is 1. The molecular formula is C20H23N5O. The van der Waals surface area contributed by atoms with E-state index in [0.717, 1.165) is 48.5 Å². The second-order valence-electron chi connectivity index (χ2n) is 6.85. The van der Waals surface area contributed by atoms with E-state index in [2.05, 4.69) is 20.2 Å². The maximum Gasteiger partial charge on any atom is 0.240 e. The maximum absolute atomic E-state index is 12.5. The SMILES string of the molecule is Cc1cccc(N2CCC[C@@H](NC(=O)Cn3cnc4ccccc43)C2)n1. The first kappa shape index (κ1) is 16.6. The monoisotopic (exact) mass is 349 g/mol. The minimum atomic E-state index is 0.0252. The van der Waals surface area contributed by atoms with Crippen LogP contribution in [0.3, 0.4) is 0 Å². The van der Waals surface area contributed by atoms with Gasteiger partial charge < -0.3 is 14.8 Å². The Morgan fingerprint density at radius 1 is 1.23 bits per heavy atom. The molecule has 0 aliphatic carbocycles. The fourth-order valence-corrected chi connectivity index (χ4v) is 3.57. The van der Waals surface area contributed by atoms with E-state index in [1.807, 2.05) is 54.0 Å². The lowest BCUT2D eigenvalue weighted by atomic mass is 10.1. The van der Waals surface area contributed by atoms with Gasteiger partial charge in [-0.15, -0.1) is 0 Å². The molecule has 2 aromatic heterocycles. The number of aromatic nitrogens is 3. The lowest BCUT2D eigenvalue weighted by Crippen LogP contribution is -2.48. The molecule has 0 saturated carbocycles. The van der Waals surface area contributed by atoms with Gasteiger partial charge in [0.15, 0.2) is 0 Å². The van der Waals surface area contributed by atoms with Gasteiger partial charge >= 0.3 is 0 Å². The van der Waals surface area contributed by atoms with Gasteiger partial charge in [0.25, 0.3) is 0 Å². The largest absolute Gasteiger partial charge is 0.355 e. The minimum absolute atomic E-state index is 0.0252. The summed E-state index contributed by atoms with van der Waals surface area (Å²) < 4.78 is 1.90. The molecule has 1 atom stereocenters. The van der Waals surface area contributed by atoms with Gasteiger partial charge in [-0.1, -0.05) is 18.2 Å². The van der Waals surface area contributed by atoms with Crippen LogP contribution < -0.4 is 10.2 Å². The number of pyridine rings is 1. The van der Waals surface area contributed by atoms with Crippen LogP contribution in [0.1, 0.15) is 18.5 Å². The third-order valence-corrected chi connectivity index (χ3v) is 4.83. The Bertz CT molecular complexity index is 919. The van der Waals surface area contributed by atoms with Crippen LogP contribution in [0, 0.1) is 6.92 Å². The van der Waals surface area contributed by atoms with Crippen molar-refractivity contribution in [2.45, 2.75) is 32.4 Å². The summed E-state index contributed by atoms with van der Waals surface area (Å²) in [6.07, 6.45) is 3.78. The van der Waals surface area contributed by atoms with Crippen LogP contribution in [0.2, 0.25) is 0 Å². The number of nitrogens with zero attached hydrogens (tertiary/aromatic N) is 4. The van der Waals surface area contributed by atoms with Crippen molar-refractivity contribution in [2.24, 2.45) is 0 Å². The summed E-state index contributed by atoms with van der Waals surface area (Å²) in [5.74, 6) is 1.02. The van der Waals surface area contributed by atoms with Crippen LogP contribution >= 0.6 is 0 Å². The molecule has 1 aromatic carbocycles. The Morgan fingerprint density at radius 2 is 2.12 bits per heavy atom. The Balaban J connectivity index is 1.39. The normalized spacial score (nSPS) is 17.4. The highest BCUT2D eigenvalue weighted by Crippen LogP contribution is 2.18. The highest BCUT2D eigenvalue weighted by molar-refractivity contribution is 5.80. The zero-order valence-electron chi connectivity index (χ0n) is 14.9. The summed E-state index contributed by atoms with van der Waals surface area (Å²) >= 11 is 0. The van der Waals surface area contributed by atoms with Gasteiger partial charge in [-0.3, -0.25) is 4.79 Å². The lowest BCUT2D eigenvalue weighted by molar-refractivity contribution is -0.122. The summed E-state index contributed by atoms with van der Waals surface area (Å²) in [6.45, 7) is 4.07. The molecule has 3 heterocycles. The highest BCUT2D eigenvalue weighted by Gasteiger charge is 2.22. The van der Waals surface area contributed by atoms with Gasteiger partial charge in [-0.05, 0) is 44.0 Å². The summed E-state index contributed by atoms with van der Waals surface area (Å²) in [7, 11) is 0. The van der Waals surface area contributed by atoms with E-state index < -0.39 is 0 Å². The van der Waals surface area contributed by atoms with Gasteiger partial charge in [0, 0.05) is 24.8 Å². The number of para-hydroxylation sites is 2. The van der Waals surface area contributed by atoms with Crippen LogP contribution in [-0.2, 0) is 11.3 Å². The fraction of sp³-hybridized carbons (Fsp3) is 0.350. The van der Waals surface area contributed by atoms with E-state index in [1.54, 1.807) is 6.33 Å². The third-order valence-electron chi connectivity index (χ3n) is 4.83. The number of nitrogens with one attached hydrogen (secondary N) is 1. The molecule has 0 unspecified atom stereocenters. The smallest absolute Gasteiger partial charge is 0.240 e. The van der Waals surface area contributed by atoms with Crippen molar-refractivity contribution in [3.63, 3.8) is 0 Å². The van der Waals surface area contributed by atoms with E-state index in [-0.39, 0.29) is 11.9 Å². The molecule has 1 amide bonds. The molecule has 1 aliphatic rings. The predicted molar refractivity (Wildman–Crippen MR) is 102 cm³/mol. The van der Waals surface area contributed by atoms with Crippen molar-refractivity contribution >= 4 is 22.8 Å². The van der Waals surface area contributed by atoms with Crippen LogP contribution in [0.4, 0.5) is 5.82 Å². The Morgan fingerprint density at radius 3 is 3.00 bits per heavy atom. The molecule has 6 heteroatoms. The van der Waals surface area contributed by atoms with Crippen molar-refractivity contribution in [1.82, 2.24) is 19.9 Å². The second-order valence-corrected chi connectivity index (χ2v) is 6.85. The standard InChI is InChI=1S/C20H23N5O/c1-15-6-4-10-19(22-15)24-11-5-7-16(12-24)23-20(26)13-25-14-21-17-8-2-3-9-18(17)25/h2-4,6,8-10,14,16H,5,7,11-13H2,1H3,(H,23,26)/t16-/m1/s1. The van der Waals surface area contributed by atoms with Crippen molar-refractivity contribution in [2.75, 3.05) is 18.0 Å². The van der Waals surface area contributed by atoms with Gasteiger partial charge in [-0.2, -0.15) is 0 Å². The number of piperidine rings is 1. The Hall–Kier alpha value is -2.89. The van der Waals surface area contributed by atoms with Crippen molar-refractivity contribution in [1.29, 1.82) is 0 Å². The molecule has 0 spiro atoms. The van der Waals surface area contributed by atoms with Crippen LogP contribution in [0.15, 0.2) is 48.8 Å². The van der Waals surface area contributed by atoms with Crippen molar-refractivity contribution in [3.05, 3.63) is 54.5 Å². The number of rotatable bonds is 4. The lowest BCUT2D eigenvalue weighted by Gasteiger charge is -2.34. The Kier molecular flexibility index (Phi) is 4.56. The first-order valence-electron chi connectivity index (χ1n) is 9.07. The molecule has 0 radical (unpaired) electrons. The number of hydrogen-bond donors (Lipinski definition) is 1. The molecule has 1 saturated heterocycles. The number of anilines is 1. The Labute approximate surface area is 152 Å². The maximum atomic E-state index is 12.5. The molecule has 0 bridgehead atoms. The number of amides is 1. The molecule has 3 aromatic rings. The quantitative estimate of drug-likeness (QED) is 0.786. The topological polar surface area (TPSA) is 63.1 Å². The summed E-state index contributed by atoms with van der Waals surface area (Å²) in [6, 6.07) is 14.1. The van der Waals surface area contributed by atoms with Gasteiger partial charge in [0.2, 0.25) is 5.91 Å². The van der Waals surface area contributed by atoms with E-state index >= 15 is 0 Å². The van der Waals surface area contributed by atoms with Crippen LogP contribution in [-0.4, -0.2) is 39.6 Å². The molecule has 134 valence electrons. The zero-order valence-corrected chi connectivity index (χ0v) is 14.9. The summed E-state index contributed by atoms with van der Waals surface area (Å²) in [5.41, 5.74) is 2.91. The average Bonchev–Trinajstić information content (AvgIpc) is 3.05. The first-order chi connectivity index (χ1) is 12.7. The number of benzene rings is 1. The van der Waals surface area contributed by atoms with Crippen LogP contribution in [0.25, 0.3) is 11.0 Å². The number of hydrogen-bond acceptors (Lipinski definition) is 4. The molecule has 1 aliphatic heterocycles. The van der Waals surface area contributed by atoms with E-state index in [0.29, 0.717) is 6.54 Å². The van der Waals surface area contributed by atoms with E-state index in [9.17, 15) is 4.79 Å². The zero-order chi connectivity index (χ0) is 17.9. The molecule has 6 nitrogen and oxygen atoms in total. The van der Waals surface area contributed by atoms with E-state index in [4.69, 9.17) is 0 Å². The first-order valence-corrected chi connectivity index (χ1v) is 9.07. The van der Waals surface area contributed by atoms with E-state index in [1.165, 1.54) is 0 Å². The molecule has 4 rings (SSSR count). The molecule has 1 N–H and O–H groups in total. The fourth-order valence-electron chi connectivity index (χ4n) is 3.57. The highest BCUT2D eigenvalue weighted by atomic mass is 16.2. The molecule has 26 heavy (non-hydrogen) atoms. The molecular weight excluding hydrogens is 326 g/mol. The number of carbonyl (C=O) groups excluding carboxylic acids is 1. The number of fused-ring (bicyclic) bond motifs is 1. The minimum Gasteiger partial charge on any atom is -0.355 e. The van der Waals surface area contributed by atoms with Gasteiger partial charge in [-0.25, -0.2) is 9.97 Å². The predicted octanol–water partition coefficient (Wildman–Crippen LogP) is 2.52. The summed E-state index contributed by atoms with van der Waals surface area (Å²) in [5, 5.41) is 3.18. The van der Waals surface area contributed by atoms with Crippen LogP contribution in [0.5, 0.6) is 0 Å². The number of carbonyl (C=O) groups is 1. The number of aryl methyl sites for hydroxylation is 1. The second kappa shape index (κ2) is 7.15. The third kappa shape index (κ3) is 3.54. The molecule has 1 fully saturated rings. The summed E-state index contributed by atoms with van der Waals surface area (Å²) in [4.78, 5) is 23.7. The van der Waals surface area contributed by atoms with Gasteiger partial charge in [0.05, 0.1) is 17.4 Å². The van der Waals surface area contributed by atoms with Crippen molar-refractivity contribution < 1.29 is 4.79 Å².